The van der Waals surface area contributed by atoms with E-state index < -0.39 is 0 Å². The molecular weight excluding hydrogens is 236 g/mol. The molecule has 0 aromatic heterocycles. The van der Waals surface area contributed by atoms with Crippen LogP contribution in [0.5, 0.6) is 0 Å². The Hall–Kier alpha value is -1.55. The molecule has 4 N–H and O–H groups in total. The largest absolute Gasteiger partial charge is 0.353 e. The summed E-state index contributed by atoms with van der Waals surface area (Å²) < 4.78 is 0. The maximum absolute atomic E-state index is 5.55. The van der Waals surface area contributed by atoms with E-state index in [-0.39, 0.29) is 0 Å². The van der Waals surface area contributed by atoms with Crippen molar-refractivity contribution in [1.29, 1.82) is 0 Å². The van der Waals surface area contributed by atoms with Crippen LogP contribution < -0.4 is 16.6 Å². The molecule has 1 aliphatic rings. The zero-order valence-electron chi connectivity index (χ0n) is 11.7. The summed E-state index contributed by atoms with van der Waals surface area (Å²) in [4.78, 5) is 4.54. The molecule has 1 aromatic carbocycles. The molecule has 104 valence electrons. The Labute approximate surface area is 115 Å². The minimum absolute atomic E-state index is 0.514. The molecular formula is C15H24N4. The average Bonchev–Trinajstić information content (AvgIpc) is 2.46. The van der Waals surface area contributed by atoms with Gasteiger partial charge in [0.2, 0.25) is 5.96 Å². The molecule has 0 bridgehead atoms. The molecule has 1 fully saturated rings. The van der Waals surface area contributed by atoms with E-state index in [1.165, 1.54) is 43.2 Å². The third-order valence-corrected chi connectivity index (χ3v) is 3.75. The highest BCUT2D eigenvalue weighted by Gasteiger charge is 2.14. The maximum atomic E-state index is 5.55. The number of nitrogens with two attached hydrogens (primary N) is 1. The minimum atomic E-state index is 0.514. The van der Waals surface area contributed by atoms with Crippen LogP contribution in [0.1, 0.15) is 43.2 Å². The summed E-state index contributed by atoms with van der Waals surface area (Å²) in [5.74, 6) is 6.25. The summed E-state index contributed by atoms with van der Waals surface area (Å²) in [5, 5.41) is 3.41. The van der Waals surface area contributed by atoms with Crippen LogP contribution in [0.4, 0.5) is 0 Å². The Morgan fingerprint density at radius 3 is 2.68 bits per heavy atom. The Bertz CT molecular complexity index is 422. The first-order valence-corrected chi connectivity index (χ1v) is 7.11. The molecule has 0 heterocycles. The summed E-state index contributed by atoms with van der Waals surface area (Å²) in [5.41, 5.74) is 5.18. The first-order chi connectivity index (χ1) is 9.29. The van der Waals surface area contributed by atoms with Gasteiger partial charge in [0.1, 0.15) is 0 Å². The molecule has 2 rings (SSSR count). The van der Waals surface area contributed by atoms with Gasteiger partial charge in [0.25, 0.3) is 0 Å². The van der Waals surface area contributed by atoms with Crippen molar-refractivity contribution in [1.82, 2.24) is 10.7 Å². The summed E-state index contributed by atoms with van der Waals surface area (Å²) in [6.45, 7) is 2.76. The Kier molecular flexibility index (Phi) is 5.21. The Morgan fingerprint density at radius 2 is 2.00 bits per heavy atom. The van der Waals surface area contributed by atoms with Crippen molar-refractivity contribution in [2.45, 2.75) is 51.6 Å². The van der Waals surface area contributed by atoms with Crippen LogP contribution >= 0.6 is 0 Å². The number of nitrogens with zero attached hydrogens (tertiary/aromatic N) is 1. The molecule has 1 aromatic rings. The van der Waals surface area contributed by atoms with E-state index in [0.29, 0.717) is 18.5 Å². The van der Waals surface area contributed by atoms with Gasteiger partial charge in [-0.3, -0.25) is 5.43 Å². The average molecular weight is 260 g/mol. The predicted molar refractivity (Wildman–Crippen MR) is 79.6 cm³/mol. The second-order valence-electron chi connectivity index (χ2n) is 5.21. The first-order valence-electron chi connectivity index (χ1n) is 7.11. The Morgan fingerprint density at radius 1 is 1.26 bits per heavy atom. The van der Waals surface area contributed by atoms with Gasteiger partial charge in [0.15, 0.2) is 0 Å². The lowest BCUT2D eigenvalue weighted by atomic mass is 9.96. The molecule has 0 spiro atoms. The molecule has 4 nitrogen and oxygen atoms in total. The number of aryl methyl sites for hydroxylation is 1. The monoisotopic (exact) mass is 260 g/mol. The van der Waals surface area contributed by atoms with Crippen LogP contribution in [0, 0.1) is 6.92 Å². The van der Waals surface area contributed by atoms with E-state index in [4.69, 9.17) is 5.84 Å². The summed E-state index contributed by atoms with van der Waals surface area (Å²) >= 11 is 0. The number of hydrogen-bond donors (Lipinski definition) is 3. The molecule has 0 unspecified atom stereocenters. The van der Waals surface area contributed by atoms with Gasteiger partial charge in [0.05, 0.1) is 6.54 Å². The molecule has 19 heavy (non-hydrogen) atoms. The van der Waals surface area contributed by atoms with Crippen LogP contribution in [0.15, 0.2) is 29.3 Å². The third kappa shape index (κ3) is 4.24. The first kappa shape index (κ1) is 13.9. The van der Waals surface area contributed by atoms with Crippen LogP contribution in [0.25, 0.3) is 0 Å². The van der Waals surface area contributed by atoms with Crippen molar-refractivity contribution in [2.75, 3.05) is 0 Å². The smallest absolute Gasteiger partial charge is 0.206 e. The van der Waals surface area contributed by atoms with Crippen LogP contribution in [0.2, 0.25) is 0 Å². The predicted octanol–water partition coefficient (Wildman–Crippen LogP) is 2.24. The van der Waals surface area contributed by atoms with E-state index in [0.717, 1.165) is 0 Å². The van der Waals surface area contributed by atoms with Crippen molar-refractivity contribution in [2.24, 2.45) is 10.8 Å². The van der Waals surface area contributed by atoms with E-state index in [2.05, 4.69) is 34.8 Å². The van der Waals surface area contributed by atoms with Crippen molar-refractivity contribution in [3.63, 3.8) is 0 Å². The van der Waals surface area contributed by atoms with Crippen LogP contribution in [-0.2, 0) is 6.54 Å². The van der Waals surface area contributed by atoms with Crippen molar-refractivity contribution in [3.8, 4) is 0 Å². The van der Waals surface area contributed by atoms with E-state index in [9.17, 15) is 0 Å². The highest BCUT2D eigenvalue weighted by atomic mass is 15.3. The summed E-state index contributed by atoms with van der Waals surface area (Å²) in [6.07, 6.45) is 6.38. The lowest BCUT2D eigenvalue weighted by molar-refractivity contribution is 0.410. The van der Waals surface area contributed by atoms with Crippen molar-refractivity contribution in [3.05, 3.63) is 35.4 Å². The molecule has 0 aliphatic heterocycles. The van der Waals surface area contributed by atoms with Gasteiger partial charge in [0, 0.05) is 6.04 Å². The van der Waals surface area contributed by atoms with Crippen LogP contribution in [0.3, 0.4) is 0 Å². The van der Waals surface area contributed by atoms with Gasteiger partial charge in [-0.2, -0.15) is 0 Å². The number of benzene rings is 1. The fraction of sp³-hybridized carbons (Fsp3) is 0.533. The molecule has 1 saturated carbocycles. The zero-order chi connectivity index (χ0) is 13.5. The van der Waals surface area contributed by atoms with Crippen molar-refractivity contribution >= 4 is 5.96 Å². The van der Waals surface area contributed by atoms with E-state index in [1.807, 2.05) is 12.1 Å². The van der Waals surface area contributed by atoms with Gasteiger partial charge < -0.3 is 5.32 Å². The lowest BCUT2D eigenvalue weighted by Gasteiger charge is -2.24. The standard InChI is InChI=1S/C15H24N4/c1-12-7-5-6-8-13(12)11-17-15(19-16)18-14-9-3-2-4-10-14/h5-8,14H,2-4,9-11,16H2,1H3,(H2,17,18,19). The van der Waals surface area contributed by atoms with Crippen LogP contribution in [-0.4, -0.2) is 12.0 Å². The fourth-order valence-electron chi connectivity index (χ4n) is 2.52. The molecule has 1 aliphatic carbocycles. The van der Waals surface area contributed by atoms with Gasteiger partial charge in [-0.1, -0.05) is 43.5 Å². The number of hydrazine groups is 1. The van der Waals surface area contributed by atoms with E-state index in [1.54, 1.807) is 0 Å². The van der Waals surface area contributed by atoms with Crippen molar-refractivity contribution < 1.29 is 0 Å². The topological polar surface area (TPSA) is 62.4 Å². The molecule has 4 heteroatoms. The SMILES string of the molecule is Cc1ccccc1CN=C(NN)NC1CCCCC1. The third-order valence-electron chi connectivity index (χ3n) is 3.75. The highest BCUT2D eigenvalue weighted by Crippen LogP contribution is 2.17. The zero-order valence-corrected chi connectivity index (χ0v) is 11.7. The number of hydrogen-bond acceptors (Lipinski definition) is 2. The molecule has 0 radical (unpaired) electrons. The van der Waals surface area contributed by atoms with Gasteiger partial charge in [-0.15, -0.1) is 0 Å². The number of rotatable bonds is 3. The number of nitrogens with one attached hydrogen (secondary N) is 2. The normalized spacial score (nSPS) is 17.3. The van der Waals surface area contributed by atoms with Gasteiger partial charge >= 0.3 is 0 Å². The lowest BCUT2D eigenvalue weighted by Crippen LogP contribution is -2.47. The number of aliphatic imine (C=N–C) groups is 1. The Balaban J connectivity index is 1.93. The van der Waals surface area contributed by atoms with Gasteiger partial charge in [-0.25, -0.2) is 10.8 Å². The van der Waals surface area contributed by atoms with E-state index >= 15 is 0 Å². The highest BCUT2D eigenvalue weighted by molar-refractivity contribution is 5.79. The molecule has 0 atom stereocenters. The number of guanidine groups is 1. The molecule has 0 amide bonds. The summed E-state index contributed by atoms with van der Waals surface area (Å²) in [6, 6.07) is 8.82. The fourth-order valence-corrected chi connectivity index (χ4v) is 2.52. The summed E-state index contributed by atoms with van der Waals surface area (Å²) in [7, 11) is 0. The molecule has 0 saturated heterocycles. The quantitative estimate of drug-likeness (QED) is 0.338. The second-order valence-corrected chi connectivity index (χ2v) is 5.21. The van der Waals surface area contributed by atoms with Gasteiger partial charge in [-0.05, 0) is 30.9 Å². The second kappa shape index (κ2) is 7.14. The minimum Gasteiger partial charge on any atom is -0.353 e. The maximum Gasteiger partial charge on any atom is 0.206 e.